The van der Waals surface area contributed by atoms with Crippen LogP contribution in [0.2, 0.25) is 5.02 Å². The van der Waals surface area contributed by atoms with Crippen molar-refractivity contribution in [2.24, 2.45) is 5.92 Å². The normalized spacial score (nSPS) is 19.3. The molecule has 0 bridgehead atoms. The number of fused-ring (bicyclic) bond motifs is 1. The Hall–Kier alpha value is -2.33. The van der Waals surface area contributed by atoms with Crippen molar-refractivity contribution >= 4 is 29.1 Å². The van der Waals surface area contributed by atoms with Gasteiger partial charge in [0.25, 0.3) is 5.91 Å². The van der Waals surface area contributed by atoms with Gasteiger partial charge in [0.15, 0.2) is 0 Å². The third-order valence-electron chi connectivity index (χ3n) is 5.77. The monoisotopic (exact) mass is 396 g/mol. The lowest BCUT2D eigenvalue weighted by Gasteiger charge is -2.37. The maximum absolute atomic E-state index is 13.3. The first-order valence-corrected chi connectivity index (χ1v) is 10.4. The molecule has 4 rings (SSSR count). The fourth-order valence-electron chi connectivity index (χ4n) is 4.31. The van der Waals surface area contributed by atoms with E-state index in [4.69, 9.17) is 11.6 Å². The summed E-state index contributed by atoms with van der Waals surface area (Å²) in [6.07, 6.45) is 3.69. The number of rotatable bonds is 2. The van der Waals surface area contributed by atoms with Crippen molar-refractivity contribution in [1.82, 2.24) is 4.90 Å². The van der Waals surface area contributed by atoms with Crippen LogP contribution in [0, 0.1) is 12.8 Å². The van der Waals surface area contributed by atoms with Crippen molar-refractivity contribution in [3.05, 3.63) is 64.2 Å². The SMILES string of the molecule is Cc1ccc2c(c1)CCCN2C(=O)C1CCCN(C(=O)c2ccc(Cl)cc2)C1. The molecule has 0 aliphatic carbocycles. The van der Waals surface area contributed by atoms with Gasteiger partial charge in [-0.2, -0.15) is 0 Å². The summed E-state index contributed by atoms with van der Waals surface area (Å²) < 4.78 is 0. The topological polar surface area (TPSA) is 40.6 Å². The van der Waals surface area contributed by atoms with Crippen LogP contribution in [0.25, 0.3) is 0 Å². The second-order valence-electron chi connectivity index (χ2n) is 7.82. The average molecular weight is 397 g/mol. The van der Waals surface area contributed by atoms with Gasteiger partial charge in [-0.3, -0.25) is 9.59 Å². The van der Waals surface area contributed by atoms with E-state index in [1.54, 1.807) is 24.3 Å². The summed E-state index contributed by atoms with van der Waals surface area (Å²) in [4.78, 5) is 29.9. The number of nitrogens with zero attached hydrogens (tertiary/aromatic N) is 2. The van der Waals surface area contributed by atoms with Crippen LogP contribution in [0.15, 0.2) is 42.5 Å². The van der Waals surface area contributed by atoms with Crippen LogP contribution >= 0.6 is 11.6 Å². The molecule has 4 nitrogen and oxygen atoms in total. The van der Waals surface area contributed by atoms with E-state index in [1.807, 2.05) is 9.80 Å². The molecule has 1 saturated heterocycles. The molecule has 0 aromatic heterocycles. The van der Waals surface area contributed by atoms with Gasteiger partial charge >= 0.3 is 0 Å². The molecule has 2 aromatic rings. The Kier molecular flexibility index (Phi) is 5.40. The molecule has 0 saturated carbocycles. The summed E-state index contributed by atoms with van der Waals surface area (Å²) in [5.74, 6) is -0.0144. The highest BCUT2D eigenvalue weighted by Gasteiger charge is 2.33. The van der Waals surface area contributed by atoms with Crippen LogP contribution in [0.1, 0.15) is 40.7 Å². The summed E-state index contributed by atoms with van der Waals surface area (Å²) in [6.45, 7) is 4.03. The van der Waals surface area contributed by atoms with E-state index >= 15 is 0 Å². The number of carbonyl (C=O) groups excluding carboxylic acids is 2. The number of hydrogen-bond donors (Lipinski definition) is 0. The van der Waals surface area contributed by atoms with E-state index in [0.29, 0.717) is 23.7 Å². The van der Waals surface area contributed by atoms with Gasteiger partial charge in [-0.25, -0.2) is 0 Å². The number of likely N-dealkylation sites (tertiary alicyclic amines) is 1. The fraction of sp³-hybridized carbons (Fsp3) is 0.391. The molecule has 1 fully saturated rings. The molecule has 1 atom stereocenters. The Balaban J connectivity index is 1.50. The van der Waals surface area contributed by atoms with Crippen molar-refractivity contribution in [1.29, 1.82) is 0 Å². The van der Waals surface area contributed by atoms with Crippen molar-refractivity contribution in [3.63, 3.8) is 0 Å². The first kappa shape index (κ1) is 19.0. The highest BCUT2D eigenvalue weighted by atomic mass is 35.5. The minimum absolute atomic E-state index is 0.0242. The number of hydrogen-bond acceptors (Lipinski definition) is 2. The molecule has 28 heavy (non-hydrogen) atoms. The molecule has 2 amide bonds. The first-order valence-electron chi connectivity index (χ1n) is 9.98. The van der Waals surface area contributed by atoms with E-state index in [2.05, 4.69) is 25.1 Å². The predicted molar refractivity (Wildman–Crippen MR) is 112 cm³/mol. The van der Waals surface area contributed by atoms with E-state index in [0.717, 1.165) is 37.9 Å². The molecule has 146 valence electrons. The Bertz CT molecular complexity index is 894. The van der Waals surface area contributed by atoms with Crippen molar-refractivity contribution in [2.45, 2.75) is 32.6 Å². The van der Waals surface area contributed by atoms with Crippen molar-refractivity contribution in [3.8, 4) is 0 Å². The fourth-order valence-corrected chi connectivity index (χ4v) is 4.44. The summed E-state index contributed by atoms with van der Waals surface area (Å²) >= 11 is 5.93. The Morgan fingerprint density at radius 1 is 1.04 bits per heavy atom. The largest absolute Gasteiger partial charge is 0.338 e. The van der Waals surface area contributed by atoms with E-state index in [9.17, 15) is 9.59 Å². The second-order valence-corrected chi connectivity index (χ2v) is 8.26. The summed E-state index contributed by atoms with van der Waals surface area (Å²) in [7, 11) is 0. The van der Waals surface area contributed by atoms with Crippen LogP contribution in [-0.4, -0.2) is 36.3 Å². The van der Waals surface area contributed by atoms with Crippen LogP contribution in [0.4, 0.5) is 5.69 Å². The molecule has 2 aliphatic heterocycles. The van der Waals surface area contributed by atoms with Gasteiger partial charge in [-0.15, -0.1) is 0 Å². The number of carbonyl (C=O) groups is 2. The zero-order chi connectivity index (χ0) is 19.7. The van der Waals surface area contributed by atoms with Crippen LogP contribution < -0.4 is 4.90 Å². The summed E-state index contributed by atoms with van der Waals surface area (Å²) in [5, 5.41) is 0.613. The lowest BCUT2D eigenvalue weighted by Crippen LogP contribution is -2.48. The zero-order valence-electron chi connectivity index (χ0n) is 16.2. The lowest BCUT2D eigenvalue weighted by molar-refractivity contribution is -0.123. The quantitative estimate of drug-likeness (QED) is 0.750. The van der Waals surface area contributed by atoms with Crippen molar-refractivity contribution < 1.29 is 9.59 Å². The molecule has 5 heteroatoms. The first-order chi connectivity index (χ1) is 13.5. The summed E-state index contributed by atoms with van der Waals surface area (Å²) in [6, 6.07) is 13.3. The van der Waals surface area contributed by atoms with E-state index in [-0.39, 0.29) is 17.7 Å². The zero-order valence-corrected chi connectivity index (χ0v) is 16.9. The molecule has 0 spiro atoms. The minimum Gasteiger partial charge on any atom is -0.338 e. The van der Waals surface area contributed by atoms with Gasteiger partial charge in [0, 0.05) is 35.9 Å². The van der Waals surface area contributed by atoms with Crippen LogP contribution in [-0.2, 0) is 11.2 Å². The third-order valence-corrected chi connectivity index (χ3v) is 6.02. The van der Waals surface area contributed by atoms with Gasteiger partial charge < -0.3 is 9.80 Å². The maximum Gasteiger partial charge on any atom is 0.253 e. The van der Waals surface area contributed by atoms with Gasteiger partial charge in [0.2, 0.25) is 5.91 Å². The van der Waals surface area contributed by atoms with E-state index < -0.39 is 0 Å². The number of halogens is 1. The molecular weight excluding hydrogens is 372 g/mol. The number of benzene rings is 2. The smallest absolute Gasteiger partial charge is 0.253 e. The molecule has 2 aromatic carbocycles. The van der Waals surface area contributed by atoms with Crippen molar-refractivity contribution in [2.75, 3.05) is 24.5 Å². The molecule has 1 unspecified atom stereocenters. The number of aryl methyl sites for hydroxylation is 2. The number of piperidine rings is 1. The van der Waals surface area contributed by atoms with Crippen LogP contribution in [0.5, 0.6) is 0 Å². The molecular formula is C23H25ClN2O2. The molecule has 0 N–H and O–H groups in total. The Morgan fingerprint density at radius 3 is 2.61 bits per heavy atom. The predicted octanol–water partition coefficient (Wildman–Crippen LogP) is 4.48. The number of anilines is 1. The Morgan fingerprint density at radius 2 is 1.82 bits per heavy atom. The minimum atomic E-state index is -0.141. The summed E-state index contributed by atoms with van der Waals surface area (Å²) in [5.41, 5.74) is 4.15. The standard InChI is InChI=1S/C23H25ClN2O2/c1-16-6-11-21-18(14-16)4-3-13-26(21)23(28)19-5-2-12-25(15-19)22(27)17-7-9-20(24)10-8-17/h6-11,14,19H,2-5,12-13,15H2,1H3. The average Bonchev–Trinajstić information content (AvgIpc) is 2.72. The van der Waals surface area contributed by atoms with Crippen LogP contribution in [0.3, 0.4) is 0 Å². The third kappa shape index (κ3) is 3.79. The molecule has 2 aliphatic rings. The number of amides is 2. The van der Waals surface area contributed by atoms with Gasteiger partial charge in [0.05, 0.1) is 5.92 Å². The highest BCUT2D eigenvalue weighted by molar-refractivity contribution is 6.30. The second kappa shape index (κ2) is 7.96. The molecule has 0 radical (unpaired) electrons. The van der Waals surface area contributed by atoms with Gasteiger partial charge in [-0.1, -0.05) is 29.3 Å². The highest BCUT2D eigenvalue weighted by Crippen LogP contribution is 2.31. The molecule has 2 heterocycles. The van der Waals surface area contributed by atoms with Gasteiger partial charge in [-0.05, 0) is 68.5 Å². The lowest BCUT2D eigenvalue weighted by atomic mass is 9.93. The Labute approximate surface area is 171 Å². The maximum atomic E-state index is 13.3. The van der Waals surface area contributed by atoms with Gasteiger partial charge in [0.1, 0.15) is 0 Å². The van der Waals surface area contributed by atoms with E-state index in [1.165, 1.54) is 11.1 Å².